The molecular weight excluding hydrogens is 281 g/mol. The lowest BCUT2D eigenvalue weighted by Gasteiger charge is -2.36. The third kappa shape index (κ3) is 2.25. The Morgan fingerprint density at radius 2 is 1.73 bits per heavy atom. The summed E-state index contributed by atoms with van der Waals surface area (Å²) in [6.45, 7) is 6.06. The highest BCUT2D eigenvalue weighted by Gasteiger charge is 2.33. The summed E-state index contributed by atoms with van der Waals surface area (Å²) in [5.41, 5.74) is 5.26. The van der Waals surface area contributed by atoms with Crippen molar-refractivity contribution < 1.29 is 13.9 Å². The van der Waals surface area contributed by atoms with Gasteiger partial charge in [-0.05, 0) is 50.1 Å². The minimum atomic E-state index is -0.494. The normalized spacial score (nSPS) is 17.2. The van der Waals surface area contributed by atoms with Gasteiger partial charge < -0.3 is 9.64 Å². The van der Waals surface area contributed by atoms with Gasteiger partial charge in [-0.25, -0.2) is 9.18 Å². The van der Waals surface area contributed by atoms with E-state index in [2.05, 4.69) is 12.1 Å². The van der Waals surface area contributed by atoms with Crippen molar-refractivity contribution in [1.29, 1.82) is 0 Å². The van der Waals surface area contributed by atoms with Gasteiger partial charge in [0.25, 0.3) is 0 Å². The standard InChI is InChI=1S/C18H18FNO2/c1-10-7-11(2)16(12(3)8-10)17-20(4)15-6-5-13(19)9-14(15)18(21)22-17/h5-9,17H,1-4H3. The molecule has 0 aromatic heterocycles. The number of hydrogen-bond acceptors (Lipinski definition) is 3. The highest BCUT2D eigenvalue weighted by Crippen LogP contribution is 2.38. The molecule has 2 aromatic carbocycles. The van der Waals surface area contributed by atoms with Gasteiger partial charge >= 0.3 is 5.97 Å². The summed E-state index contributed by atoms with van der Waals surface area (Å²) in [5.74, 6) is -0.928. The van der Waals surface area contributed by atoms with Gasteiger partial charge in [-0.3, -0.25) is 0 Å². The van der Waals surface area contributed by atoms with Crippen molar-refractivity contribution in [2.75, 3.05) is 11.9 Å². The summed E-state index contributed by atoms with van der Waals surface area (Å²) in [6.07, 6.45) is -0.494. The molecule has 114 valence electrons. The largest absolute Gasteiger partial charge is 0.433 e. The topological polar surface area (TPSA) is 29.5 Å². The second-order valence-corrected chi connectivity index (χ2v) is 5.84. The first-order valence-electron chi connectivity index (χ1n) is 7.19. The molecule has 0 N–H and O–H groups in total. The van der Waals surface area contributed by atoms with Crippen molar-refractivity contribution in [3.8, 4) is 0 Å². The van der Waals surface area contributed by atoms with Gasteiger partial charge in [0.2, 0.25) is 6.23 Å². The van der Waals surface area contributed by atoms with Gasteiger partial charge in [0.1, 0.15) is 5.82 Å². The number of cyclic esters (lactones) is 1. The van der Waals surface area contributed by atoms with E-state index in [1.807, 2.05) is 32.7 Å². The predicted octanol–water partition coefficient (Wildman–Crippen LogP) is 4.06. The SMILES string of the molecule is Cc1cc(C)c(C2OC(=O)c3cc(F)ccc3N2C)c(C)c1. The summed E-state index contributed by atoms with van der Waals surface area (Å²) in [5, 5.41) is 0. The Hall–Kier alpha value is -2.36. The van der Waals surface area contributed by atoms with Crippen LogP contribution in [0.1, 0.15) is 38.8 Å². The van der Waals surface area contributed by atoms with Crippen LogP contribution in [0.25, 0.3) is 0 Å². The minimum Gasteiger partial charge on any atom is -0.433 e. The van der Waals surface area contributed by atoms with Gasteiger partial charge in [0.05, 0.1) is 11.3 Å². The van der Waals surface area contributed by atoms with Gasteiger partial charge in [-0.1, -0.05) is 17.7 Å². The molecule has 0 aliphatic carbocycles. The van der Waals surface area contributed by atoms with E-state index in [9.17, 15) is 9.18 Å². The van der Waals surface area contributed by atoms with Crippen LogP contribution >= 0.6 is 0 Å². The second-order valence-electron chi connectivity index (χ2n) is 5.84. The van der Waals surface area contributed by atoms with E-state index in [0.29, 0.717) is 5.69 Å². The lowest BCUT2D eigenvalue weighted by molar-refractivity contribution is 0.0260. The van der Waals surface area contributed by atoms with E-state index < -0.39 is 18.0 Å². The van der Waals surface area contributed by atoms with E-state index >= 15 is 0 Å². The van der Waals surface area contributed by atoms with Crippen LogP contribution < -0.4 is 4.90 Å². The molecule has 0 amide bonds. The van der Waals surface area contributed by atoms with Crippen LogP contribution in [0.5, 0.6) is 0 Å². The fourth-order valence-corrected chi connectivity index (χ4v) is 3.18. The first-order valence-corrected chi connectivity index (χ1v) is 7.19. The maximum absolute atomic E-state index is 13.4. The van der Waals surface area contributed by atoms with Gasteiger partial charge in [0, 0.05) is 12.6 Å². The molecule has 0 spiro atoms. The average molecular weight is 299 g/mol. The number of rotatable bonds is 1. The molecule has 1 aliphatic heterocycles. The molecular formula is C18H18FNO2. The fourth-order valence-electron chi connectivity index (χ4n) is 3.18. The molecule has 22 heavy (non-hydrogen) atoms. The van der Waals surface area contributed by atoms with Gasteiger partial charge in [-0.2, -0.15) is 0 Å². The Kier molecular flexibility index (Phi) is 3.39. The number of fused-ring (bicyclic) bond motifs is 1. The number of benzene rings is 2. The number of halogens is 1. The first kappa shape index (κ1) is 14.6. The van der Waals surface area contributed by atoms with Crippen molar-refractivity contribution in [3.05, 3.63) is 64.0 Å². The van der Waals surface area contributed by atoms with Gasteiger partial charge in [0.15, 0.2) is 0 Å². The number of esters is 1. The molecule has 0 radical (unpaired) electrons. The molecule has 3 rings (SSSR count). The lowest BCUT2D eigenvalue weighted by atomic mass is 9.96. The molecule has 0 saturated heterocycles. The van der Waals surface area contributed by atoms with Crippen LogP contribution in [0.3, 0.4) is 0 Å². The molecule has 1 aliphatic rings. The maximum Gasteiger partial charge on any atom is 0.342 e. The van der Waals surface area contributed by atoms with Crippen molar-refractivity contribution in [2.24, 2.45) is 0 Å². The zero-order chi connectivity index (χ0) is 16.0. The first-order chi connectivity index (χ1) is 10.4. The van der Waals surface area contributed by atoms with Crippen molar-refractivity contribution in [2.45, 2.75) is 27.0 Å². The molecule has 1 unspecified atom stereocenters. The average Bonchev–Trinajstić information content (AvgIpc) is 2.43. The highest BCUT2D eigenvalue weighted by molar-refractivity contribution is 5.97. The molecule has 0 fully saturated rings. The number of ether oxygens (including phenoxy) is 1. The second kappa shape index (κ2) is 5.13. The Bertz CT molecular complexity index is 747. The van der Waals surface area contributed by atoms with E-state index in [0.717, 1.165) is 16.7 Å². The van der Waals surface area contributed by atoms with Gasteiger partial charge in [-0.15, -0.1) is 0 Å². The zero-order valence-electron chi connectivity index (χ0n) is 13.1. The van der Waals surface area contributed by atoms with Crippen LogP contribution in [0.2, 0.25) is 0 Å². The van der Waals surface area contributed by atoms with Crippen LogP contribution in [0, 0.1) is 26.6 Å². The molecule has 1 heterocycles. The van der Waals surface area contributed by atoms with E-state index in [-0.39, 0.29) is 5.56 Å². The summed E-state index contributed by atoms with van der Waals surface area (Å²) < 4.78 is 18.9. The maximum atomic E-state index is 13.4. The summed E-state index contributed by atoms with van der Waals surface area (Å²) in [7, 11) is 1.85. The molecule has 3 nitrogen and oxygen atoms in total. The van der Waals surface area contributed by atoms with Crippen LogP contribution in [0.15, 0.2) is 30.3 Å². The third-order valence-corrected chi connectivity index (χ3v) is 4.11. The molecule has 1 atom stereocenters. The number of carbonyl (C=O) groups is 1. The van der Waals surface area contributed by atoms with E-state index in [1.54, 1.807) is 6.07 Å². The van der Waals surface area contributed by atoms with E-state index in [1.165, 1.54) is 17.7 Å². The number of aryl methyl sites for hydroxylation is 3. The van der Waals surface area contributed by atoms with Crippen LogP contribution in [0.4, 0.5) is 10.1 Å². The molecule has 0 bridgehead atoms. The van der Waals surface area contributed by atoms with Crippen molar-refractivity contribution in [3.63, 3.8) is 0 Å². The molecule has 0 saturated carbocycles. The number of hydrogen-bond donors (Lipinski definition) is 0. The molecule has 2 aromatic rings. The smallest absolute Gasteiger partial charge is 0.342 e. The third-order valence-electron chi connectivity index (χ3n) is 4.11. The van der Waals surface area contributed by atoms with Crippen LogP contribution in [-0.2, 0) is 4.74 Å². The summed E-state index contributed by atoms with van der Waals surface area (Å²) in [6, 6.07) is 8.35. The fraction of sp³-hybridized carbons (Fsp3) is 0.278. The Balaban J connectivity index is 2.12. The number of carbonyl (C=O) groups excluding carboxylic acids is 1. The highest BCUT2D eigenvalue weighted by atomic mass is 19.1. The lowest BCUT2D eigenvalue weighted by Crippen LogP contribution is -2.35. The van der Waals surface area contributed by atoms with Crippen molar-refractivity contribution in [1.82, 2.24) is 0 Å². The van der Waals surface area contributed by atoms with Crippen molar-refractivity contribution >= 4 is 11.7 Å². The summed E-state index contributed by atoms with van der Waals surface area (Å²) in [4.78, 5) is 14.1. The Morgan fingerprint density at radius 1 is 1.09 bits per heavy atom. The predicted molar refractivity (Wildman–Crippen MR) is 83.6 cm³/mol. The Labute approximate surface area is 129 Å². The number of anilines is 1. The molecule has 4 heteroatoms. The quantitative estimate of drug-likeness (QED) is 0.744. The van der Waals surface area contributed by atoms with Crippen LogP contribution in [-0.4, -0.2) is 13.0 Å². The summed E-state index contributed by atoms with van der Waals surface area (Å²) >= 11 is 0. The Morgan fingerprint density at radius 3 is 2.36 bits per heavy atom. The number of nitrogens with zero attached hydrogens (tertiary/aromatic N) is 1. The van der Waals surface area contributed by atoms with E-state index in [4.69, 9.17) is 4.74 Å². The zero-order valence-corrected chi connectivity index (χ0v) is 13.1. The minimum absolute atomic E-state index is 0.265. The monoisotopic (exact) mass is 299 g/mol.